The first-order valence-electron chi connectivity index (χ1n) is 23.7. The molecule has 0 unspecified atom stereocenters. The maximum Gasteiger partial charge on any atom is 0.293 e. The number of nitro groups is 1. The molecule has 1 saturated carbocycles. The van der Waals surface area contributed by atoms with Gasteiger partial charge in [-0.05, 0) is 144 Å². The number of thioether (sulfide) groups is 1. The van der Waals surface area contributed by atoms with Crippen LogP contribution in [0.4, 0.5) is 28.4 Å². The van der Waals surface area contributed by atoms with E-state index < -0.39 is 14.9 Å². The minimum Gasteiger partial charge on any atom is -0.393 e. The number of hydrogen-bond donors (Lipinski definition) is 4. The summed E-state index contributed by atoms with van der Waals surface area (Å²) in [5.41, 5.74) is 7.40. The number of halogens is 1. The first kappa shape index (κ1) is 50.4. The Morgan fingerprint density at radius 2 is 1.53 bits per heavy atom. The number of amides is 1. The molecule has 8 rings (SSSR count). The topological polar surface area (TPSA) is 165 Å². The summed E-state index contributed by atoms with van der Waals surface area (Å²) in [6.45, 7) is 5.62. The monoisotopic (exact) mass is 1000 g/mol. The summed E-state index contributed by atoms with van der Waals surface area (Å²) < 4.78 is 32.0. The van der Waals surface area contributed by atoms with Crippen molar-refractivity contribution in [2.75, 3.05) is 72.4 Å². The van der Waals surface area contributed by atoms with Crippen LogP contribution in [0, 0.1) is 17.0 Å². The Labute approximate surface area is 420 Å². The van der Waals surface area contributed by atoms with Crippen LogP contribution in [0.3, 0.4) is 0 Å². The van der Waals surface area contributed by atoms with Crippen LogP contribution in [-0.2, 0) is 17.1 Å². The number of hydrogen-bond acceptors (Lipinski definition) is 11. The summed E-state index contributed by atoms with van der Waals surface area (Å²) >= 11 is 7.98. The molecule has 1 amide bonds. The lowest BCUT2D eigenvalue weighted by Gasteiger charge is -2.37. The van der Waals surface area contributed by atoms with Gasteiger partial charge in [-0.1, -0.05) is 54.1 Å². The number of nitrogens with zero attached hydrogens (tertiary/aromatic N) is 5. The maximum atomic E-state index is 14.2. The third-order valence-corrected chi connectivity index (χ3v) is 16.1. The summed E-state index contributed by atoms with van der Waals surface area (Å²) in [4.78, 5) is 33.6. The highest BCUT2D eigenvalue weighted by Gasteiger charge is 2.30. The molecule has 0 bridgehead atoms. The minimum absolute atomic E-state index is 0.00462. The molecular formula is C53H61ClN8O6S2. The Morgan fingerprint density at radius 1 is 0.857 bits per heavy atom. The molecule has 2 heterocycles. The molecule has 1 aromatic heterocycles. The number of rotatable bonds is 18. The van der Waals surface area contributed by atoms with Crippen LogP contribution in [0.2, 0.25) is 5.02 Å². The molecule has 1 aliphatic heterocycles. The van der Waals surface area contributed by atoms with Gasteiger partial charge in [0, 0.05) is 95.4 Å². The standard InChI is InChI=1S/C53H61ClN8O6S2/c1-36-50(53(64)56-40-19-23-45(63)24-20-40)51(52(59(36)4)37-13-15-39(54)16-14-37)38-9-8-10-44(33-38)61-31-29-60(30-32-61)43-21-17-41(18-22-43)57-70(67,68)47-25-26-48(49(34-47)62(65)66)55-42(27-28-58(2)3)35-69-46-11-6-5-7-12-46/h5-18,21-22,25-26,33-34,40,42,45,55,57,63H,19-20,23-24,27-32,35H2,1-4H3,(H,56,64)/t40?,42-,45?/m1/s1. The van der Waals surface area contributed by atoms with Crippen molar-refractivity contribution < 1.29 is 23.2 Å². The average molecular weight is 1010 g/mol. The molecule has 5 aromatic carbocycles. The molecule has 4 N–H and O–H groups in total. The van der Waals surface area contributed by atoms with E-state index in [4.69, 9.17) is 11.6 Å². The lowest BCUT2D eigenvalue weighted by Crippen LogP contribution is -2.46. The quantitative estimate of drug-likeness (QED) is 0.0368. The van der Waals surface area contributed by atoms with E-state index in [1.807, 2.05) is 101 Å². The number of benzene rings is 5. The Balaban J connectivity index is 0.938. The highest BCUT2D eigenvalue weighted by atomic mass is 35.5. The number of carbonyl (C=O) groups excluding carboxylic acids is 1. The van der Waals surface area contributed by atoms with E-state index in [1.54, 1.807) is 23.9 Å². The van der Waals surface area contributed by atoms with Crippen molar-refractivity contribution in [1.29, 1.82) is 0 Å². The molecule has 0 radical (unpaired) electrons. The number of aliphatic hydroxyl groups excluding tert-OH is 1. The van der Waals surface area contributed by atoms with E-state index in [0.29, 0.717) is 48.0 Å². The van der Waals surface area contributed by atoms with E-state index in [-0.39, 0.29) is 40.4 Å². The summed E-state index contributed by atoms with van der Waals surface area (Å²) in [6, 6.07) is 37.0. The smallest absolute Gasteiger partial charge is 0.293 e. The summed E-state index contributed by atoms with van der Waals surface area (Å²) in [5.74, 6) is 0.540. The van der Waals surface area contributed by atoms with Crippen molar-refractivity contribution in [3.63, 3.8) is 0 Å². The normalized spacial score (nSPS) is 16.8. The molecule has 70 heavy (non-hydrogen) atoms. The fraction of sp³-hybridized carbons (Fsp3) is 0.340. The van der Waals surface area contributed by atoms with Crippen molar-refractivity contribution in [1.82, 2.24) is 14.8 Å². The molecule has 2 aliphatic rings. The summed E-state index contributed by atoms with van der Waals surface area (Å²) in [6.07, 6.45) is 3.22. The SMILES string of the molecule is Cc1c(C(=O)NC2CCC(O)CC2)c(-c2cccc(N3CCN(c4ccc(NS(=O)(=O)c5ccc(N[C@H](CCN(C)C)CSc6ccccc6)c([N+](=O)[O-])c5)cc4)CC3)c2)c(-c2ccc(Cl)cc2)n1C. The van der Waals surface area contributed by atoms with Gasteiger partial charge in [0.1, 0.15) is 5.69 Å². The zero-order chi connectivity index (χ0) is 49.5. The van der Waals surface area contributed by atoms with E-state index in [1.165, 1.54) is 12.1 Å². The third kappa shape index (κ3) is 12.1. The Morgan fingerprint density at radius 3 is 2.19 bits per heavy atom. The van der Waals surface area contributed by atoms with E-state index in [0.717, 1.165) is 89.3 Å². The molecular weight excluding hydrogens is 944 g/mol. The number of nitrogens with one attached hydrogen (secondary N) is 3. The number of sulfonamides is 1. The second-order valence-electron chi connectivity index (χ2n) is 18.4. The van der Waals surface area contributed by atoms with Crippen LogP contribution in [0.5, 0.6) is 0 Å². The largest absolute Gasteiger partial charge is 0.393 e. The van der Waals surface area contributed by atoms with Crippen LogP contribution >= 0.6 is 23.4 Å². The highest BCUT2D eigenvalue weighted by molar-refractivity contribution is 7.99. The summed E-state index contributed by atoms with van der Waals surface area (Å²) in [5, 5.41) is 29.7. The first-order valence-corrected chi connectivity index (χ1v) is 26.5. The van der Waals surface area contributed by atoms with E-state index in [9.17, 15) is 28.4 Å². The third-order valence-electron chi connectivity index (χ3n) is 13.3. The van der Waals surface area contributed by atoms with Crippen molar-refractivity contribution in [3.05, 3.63) is 148 Å². The fourth-order valence-corrected chi connectivity index (χ4v) is 11.5. The van der Waals surface area contributed by atoms with Gasteiger partial charge in [0.2, 0.25) is 0 Å². The molecule has 1 aliphatic carbocycles. The van der Waals surface area contributed by atoms with Gasteiger partial charge in [-0.2, -0.15) is 0 Å². The number of anilines is 4. The molecule has 17 heteroatoms. The van der Waals surface area contributed by atoms with Gasteiger partial charge in [-0.3, -0.25) is 19.6 Å². The first-order chi connectivity index (χ1) is 33.6. The number of aliphatic hydroxyl groups is 1. The number of piperazine rings is 1. The number of carbonyl (C=O) groups is 1. The lowest BCUT2D eigenvalue weighted by atomic mass is 9.92. The average Bonchev–Trinajstić information content (AvgIpc) is 3.62. The molecule has 2 fully saturated rings. The van der Waals surface area contributed by atoms with Crippen molar-refractivity contribution in [3.8, 4) is 22.4 Å². The van der Waals surface area contributed by atoms with E-state index >= 15 is 0 Å². The van der Waals surface area contributed by atoms with Crippen LogP contribution in [0.1, 0.15) is 48.2 Å². The van der Waals surface area contributed by atoms with Crippen LogP contribution in [0.15, 0.2) is 131 Å². The molecule has 1 saturated heterocycles. The second kappa shape index (κ2) is 22.4. The predicted octanol–water partition coefficient (Wildman–Crippen LogP) is 9.91. The maximum absolute atomic E-state index is 14.2. The van der Waals surface area contributed by atoms with Crippen molar-refractivity contribution in [2.45, 2.75) is 67.0 Å². The Kier molecular flexibility index (Phi) is 16.1. The Hall–Kier alpha value is -6.04. The van der Waals surface area contributed by atoms with Gasteiger partial charge < -0.3 is 35.0 Å². The molecule has 1 atom stereocenters. The molecule has 14 nitrogen and oxygen atoms in total. The second-order valence-corrected chi connectivity index (χ2v) is 21.6. The minimum atomic E-state index is -4.17. The summed E-state index contributed by atoms with van der Waals surface area (Å²) in [7, 11) is 1.77. The van der Waals surface area contributed by atoms with E-state index in [2.05, 4.69) is 52.8 Å². The Bertz CT molecular complexity index is 2880. The van der Waals surface area contributed by atoms with Crippen LogP contribution in [0.25, 0.3) is 22.4 Å². The van der Waals surface area contributed by atoms with Gasteiger partial charge in [-0.15, -0.1) is 11.8 Å². The number of aromatic nitrogens is 1. The zero-order valence-corrected chi connectivity index (χ0v) is 42.4. The van der Waals surface area contributed by atoms with Gasteiger partial charge in [0.25, 0.3) is 21.6 Å². The fourth-order valence-electron chi connectivity index (χ4n) is 9.32. The highest BCUT2D eigenvalue weighted by Crippen LogP contribution is 2.41. The zero-order valence-electron chi connectivity index (χ0n) is 40.0. The van der Waals surface area contributed by atoms with Crippen molar-refractivity contribution >= 4 is 67.7 Å². The van der Waals surface area contributed by atoms with Gasteiger partial charge >= 0.3 is 0 Å². The van der Waals surface area contributed by atoms with Crippen LogP contribution in [-0.4, -0.2) is 105 Å². The van der Waals surface area contributed by atoms with Gasteiger partial charge in [0.15, 0.2) is 0 Å². The van der Waals surface area contributed by atoms with Crippen LogP contribution < -0.4 is 25.2 Å². The lowest BCUT2D eigenvalue weighted by molar-refractivity contribution is -0.384. The predicted molar refractivity (Wildman–Crippen MR) is 284 cm³/mol. The number of nitro benzene ring substituents is 1. The molecule has 6 aromatic rings. The molecule has 0 spiro atoms. The van der Waals surface area contributed by atoms with Crippen molar-refractivity contribution in [2.24, 2.45) is 7.05 Å². The molecule has 368 valence electrons. The van der Waals surface area contributed by atoms with Gasteiger partial charge in [-0.25, -0.2) is 8.42 Å². The van der Waals surface area contributed by atoms with Gasteiger partial charge in [0.05, 0.1) is 27.2 Å².